The van der Waals surface area contributed by atoms with Crippen LogP contribution in [-0.2, 0) is 11.2 Å². The quantitative estimate of drug-likeness (QED) is 0.414. The summed E-state index contributed by atoms with van der Waals surface area (Å²) in [7, 11) is 0. The largest absolute Gasteiger partial charge is 0.462 e. The molecule has 2 amide bonds. The molecule has 0 aromatic heterocycles. The van der Waals surface area contributed by atoms with Crippen molar-refractivity contribution < 1.29 is 18.7 Å². The van der Waals surface area contributed by atoms with Crippen molar-refractivity contribution in [1.29, 1.82) is 0 Å². The van der Waals surface area contributed by atoms with Gasteiger partial charge in [0.25, 0.3) is 0 Å². The van der Waals surface area contributed by atoms with Crippen molar-refractivity contribution in [2.75, 3.05) is 38.1 Å². The standard InChI is InChI=1S/C30H40FN3O3/c1-2-37-29(35)25-6-5-7-27(22-25)32-30(36)34-18-4-3-8-28(34)17-21-33-19-15-24(16-20-33)10-9-23-11-13-26(31)14-12-23/h5-7,11-14,22,24,28H,2-4,8-10,15-21H2,1H3,(H,32,36). The minimum atomic E-state index is -0.381. The second kappa shape index (κ2) is 13.6. The number of likely N-dealkylation sites (tertiary alicyclic amines) is 2. The zero-order chi connectivity index (χ0) is 26.0. The molecule has 0 aliphatic carbocycles. The molecule has 200 valence electrons. The molecule has 2 saturated heterocycles. The molecule has 1 atom stereocenters. The van der Waals surface area contributed by atoms with Gasteiger partial charge in [0, 0.05) is 24.8 Å². The number of amides is 2. The number of hydrogen-bond donors (Lipinski definition) is 1. The van der Waals surface area contributed by atoms with Crippen molar-refractivity contribution in [3.05, 3.63) is 65.5 Å². The van der Waals surface area contributed by atoms with Crippen LogP contribution in [0.2, 0.25) is 0 Å². The molecule has 7 heteroatoms. The van der Waals surface area contributed by atoms with Gasteiger partial charge in [-0.15, -0.1) is 0 Å². The minimum Gasteiger partial charge on any atom is -0.462 e. The number of carbonyl (C=O) groups excluding carboxylic acids is 2. The molecule has 2 aliphatic heterocycles. The van der Waals surface area contributed by atoms with E-state index in [9.17, 15) is 14.0 Å². The van der Waals surface area contributed by atoms with Gasteiger partial charge in [0.05, 0.1) is 12.2 Å². The Morgan fingerprint density at radius 2 is 1.78 bits per heavy atom. The molecule has 4 rings (SSSR count). The smallest absolute Gasteiger partial charge is 0.338 e. The van der Waals surface area contributed by atoms with Gasteiger partial charge in [0.2, 0.25) is 0 Å². The fourth-order valence-electron chi connectivity index (χ4n) is 5.55. The molecular weight excluding hydrogens is 469 g/mol. The zero-order valence-electron chi connectivity index (χ0n) is 22.0. The van der Waals surface area contributed by atoms with E-state index in [1.807, 2.05) is 17.0 Å². The number of nitrogens with one attached hydrogen (secondary N) is 1. The molecule has 2 aromatic carbocycles. The summed E-state index contributed by atoms with van der Waals surface area (Å²) in [4.78, 5) is 29.7. The first-order valence-corrected chi connectivity index (χ1v) is 13.8. The number of esters is 1. The second-order valence-corrected chi connectivity index (χ2v) is 10.3. The summed E-state index contributed by atoms with van der Waals surface area (Å²) < 4.78 is 18.2. The Morgan fingerprint density at radius 1 is 1.00 bits per heavy atom. The summed E-state index contributed by atoms with van der Waals surface area (Å²) in [6, 6.07) is 14.0. The number of rotatable bonds is 9. The number of nitrogens with zero attached hydrogens (tertiary/aromatic N) is 2. The van der Waals surface area contributed by atoms with E-state index in [0.29, 0.717) is 17.9 Å². The average Bonchev–Trinajstić information content (AvgIpc) is 2.92. The number of piperidine rings is 2. The fourth-order valence-corrected chi connectivity index (χ4v) is 5.55. The Balaban J connectivity index is 1.22. The minimum absolute atomic E-state index is 0.0924. The SMILES string of the molecule is CCOC(=O)c1cccc(NC(=O)N2CCCCC2CCN2CCC(CCc3ccc(F)cc3)CC2)c1. The Hall–Kier alpha value is -2.93. The maximum absolute atomic E-state index is 13.2. The van der Waals surface area contributed by atoms with Gasteiger partial charge in [-0.25, -0.2) is 14.0 Å². The van der Waals surface area contributed by atoms with Crippen LogP contribution >= 0.6 is 0 Å². The van der Waals surface area contributed by atoms with E-state index in [1.165, 1.54) is 18.4 Å². The lowest BCUT2D eigenvalue weighted by Crippen LogP contribution is -2.47. The van der Waals surface area contributed by atoms with Crippen LogP contribution in [0.15, 0.2) is 48.5 Å². The molecule has 2 aromatic rings. The summed E-state index contributed by atoms with van der Waals surface area (Å²) in [6.07, 6.45) is 8.76. The summed E-state index contributed by atoms with van der Waals surface area (Å²) in [5.74, 6) is 0.173. The molecule has 0 spiro atoms. The van der Waals surface area contributed by atoms with Crippen LogP contribution < -0.4 is 5.32 Å². The van der Waals surface area contributed by atoms with Crippen molar-refractivity contribution in [2.24, 2.45) is 5.92 Å². The molecule has 0 saturated carbocycles. The number of hydrogen-bond acceptors (Lipinski definition) is 4. The highest BCUT2D eigenvalue weighted by molar-refractivity contribution is 5.94. The first kappa shape index (κ1) is 27.1. The van der Waals surface area contributed by atoms with Crippen LogP contribution in [0.25, 0.3) is 0 Å². The first-order chi connectivity index (χ1) is 18.0. The van der Waals surface area contributed by atoms with Crippen LogP contribution in [0.4, 0.5) is 14.9 Å². The zero-order valence-corrected chi connectivity index (χ0v) is 22.0. The number of carbonyl (C=O) groups is 2. The summed E-state index contributed by atoms with van der Waals surface area (Å²) >= 11 is 0. The topological polar surface area (TPSA) is 61.9 Å². The first-order valence-electron chi connectivity index (χ1n) is 13.8. The van der Waals surface area contributed by atoms with E-state index in [0.717, 1.165) is 70.6 Å². The van der Waals surface area contributed by atoms with Crippen LogP contribution in [0.5, 0.6) is 0 Å². The lowest BCUT2D eigenvalue weighted by molar-refractivity contribution is 0.0526. The third kappa shape index (κ3) is 8.03. The van der Waals surface area contributed by atoms with Gasteiger partial charge in [-0.1, -0.05) is 18.2 Å². The normalized spacial score (nSPS) is 19.0. The molecule has 2 heterocycles. The predicted molar refractivity (Wildman–Crippen MR) is 144 cm³/mol. The van der Waals surface area contributed by atoms with Gasteiger partial charge in [-0.05, 0) is 113 Å². The van der Waals surface area contributed by atoms with Gasteiger partial charge >= 0.3 is 12.0 Å². The maximum Gasteiger partial charge on any atom is 0.338 e. The van der Waals surface area contributed by atoms with E-state index >= 15 is 0 Å². The number of urea groups is 1. The number of aryl methyl sites for hydroxylation is 1. The third-order valence-corrected chi connectivity index (χ3v) is 7.75. The molecule has 1 N–H and O–H groups in total. The molecular formula is C30H40FN3O3. The van der Waals surface area contributed by atoms with Crippen molar-refractivity contribution >= 4 is 17.7 Å². The predicted octanol–water partition coefficient (Wildman–Crippen LogP) is 6.12. The van der Waals surface area contributed by atoms with Gasteiger partial charge in [-0.2, -0.15) is 0 Å². The van der Waals surface area contributed by atoms with E-state index in [1.54, 1.807) is 43.3 Å². The van der Waals surface area contributed by atoms with Crippen LogP contribution in [-0.4, -0.2) is 60.6 Å². The molecule has 0 radical (unpaired) electrons. The molecule has 0 bridgehead atoms. The van der Waals surface area contributed by atoms with Gasteiger partial charge < -0.3 is 19.9 Å². The van der Waals surface area contributed by atoms with Crippen molar-refractivity contribution in [2.45, 2.75) is 64.3 Å². The Bertz CT molecular complexity index is 1020. The third-order valence-electron chi connectivity index (χ3n) is 7.75. The number of benzene rings is 2. The van der Waals surface area contributed by atoms with E-state index in [-0.39, 0.29) is 23.9 Å². The van der Waals surface area contributed by atoms with Crippen molar-refractivity contribution in [1.82, 2.24) is 9.80 Å². The molecule has 2 aliphatic rings. The number of ether oxygens (including phenoxy) is 1. The average molecular weight is 510 g/mol. The number of anilines is 1. The Labute approximate surface area is 220 Å². The monoisotopic (exact) mass is 509 g/mol. The van der Waals surface area contributed by atoms with Crippen LogP contribution in [0.1, 0.15) is 67.8 Å². The summed E-state index contributed by atoms with van der Waals surface area (Å²) in [5, 5.41) is 3.00. The fraction of sp³-hybridized carbons (Fsp3) is 0.533. The van der Waals surface area contributed by atoms with Crippen LogP contribution in [0.3, 0.4) is 0 Å². The molecule has 1 unspecified atom stereocenters. The van der Waals surface area contributed by atoms with E-state index in [2.05, 4.69) is 10.2 Å². The lowest BCUT2D eigenvalue weighted by Gasteiger charge is -2.38. The Kier molecular flexibility index (Phi) is 9.94. The van der Waals surface area contributed by atoms with Gasteiger partial charge in [-0.3, -0.25) is 0 Å². The molecule has 2 fully saturated rings. The van der Waals surface area contributed by atoms with Crippen LogP contribution in [0, 0.1) is 11.7 Å². The summed E-state index contributed by atoms with van der Waals surface area (Å²) in [5.41, 5.74) is 2.27. The molecule has 6 nitrogen and oxygen atoms in total. The van der Waals surface area contributed by atoms with E-state index < -0.39 is 0 Å². The lowest BCUT2D eigenvalue weighted by atomic mass is 9.90. The maximum atomic E-state index is 13.2. The van der Waals surface area contributed by atoms with Crippen molar-refractivity contribution in [3.8, 4) is 0 Å². The Morgan fingerprint density at radius 3 is 2.54 bits per heavy atom. The van der Waals surface area contributed by atoms with Gasteiger partial charge in [0.1, 0.15) is 5.82 Å². The highest BCUT2D eigenvalue weighted by Gasteiger charge is 2.28. The summed E-state index contributed by atoms with van der Waals surface area (Å²) in [6.45, 7) is 6.08. The number of halogens is 1. The highest BCUT2D eigenvalue weighted by atomic mass is 19.1. The van der Waals surface area contributed by atoms with Crippen molar-refractivity contribution in [3.63, 3.8) is 0 Å². The molecule has 37 heavy (non-hydrogen) atoms. The van der Waals surface area contributed by atoms with E-state index in [4.69, 9.17) is 4.74 Å². The van der Waals surface area contributed by atoms with Gasteiger partial charge in [0.15, 0.2) is 0 Å². The highest BCUT2D eigenvalue weighted by Crippen LogP contribution is 2.25. The second-order valence-electron chi connectivity index (χ2n) is 10.3.